The van der Waals surface area contributed by atoms with Gasteiger partial charge >= 0.3 is 0 Å². The van der Waals surface area contributed by atoms with Crippen molar-refractivity contribution in [1.29, 1.82) is 0 Å². The summed E-state index contributed by atoms with van der Waals surface area (Å²) in [4.78, 5) is 0. The molecule has 0 aliphatic carbocycles. The molecule has 0 aromatic carbocycles. The Labute approximate surface area is 124 Å². The zero-order valence-electron chi connectivity index (χ0n) is 10.6. The van der Waals surface area contributed by atoms with E-state index in [1.54, 1.807) is 32.9 Å². The number of nitrogens with one attached hydrogen (secondary N) is 1. The molecule has 1 N–H and O–H groups in total. The molecule has 5 nitrogen and oxygen atoms in total. The fourth-order valence-corrected chi connectivity index (χ4v) is 5.14. The lowest BCUT2D eigenvalue weighted by atomic mass is 10.1. The van der Waals surface area contributed by atoms with Gasteiger partial charge in [0.25, 0.3) is 10.0 Å². The third-order valence-corrected chi connectivity index (χ3v) is 6.32. The van der Waals surface area contributed by atoms with Gasteiger partial charge in [0.15, 0.2) is 0 Å². The van der Waals surface area contributed by atoms with Gasteiger partial charge in [-0.25, -0.2) is 13.1 Å². The first kappa shape index (κ1) is 14.7. The smallest absolute Gasteiger partial charge is 0.250 e. The van der Waals surface area contributed by atoms with Crippen LogP contribution in [0.25, 0.3) is 0 Å². The van der Waals surface area contributed by atoms with Crippen molar-refractivity contribution in [1.82, 2.24) is 9.88 Å². The van der Waals surface area contributed by atoms with Gasteiger partial charge in [0, 0.05) is 11.6 Å². The van der Waals surface area contributed by atoms with E-state index in [4.69, 9.17) is 4.52 Å². The molecule has 8 heteroatoms. The van der Waals surface area contributed by atoms with Crippen molar-refractivity contribution in [3.05, 3.63) is 32.9 Å². The Bertz CT molecular complexity index is 671. The maximum atomic E-state index is 12.2. The molecule has 0 fully saturated rings. The van der Waals surface area contributed by atoms with Crippen molar-refractivity contribution in [2.45, 2.75) is 31.0 Å². The number of rotatable bonds is 4. The summed E-state index contributed by atoms with van der Waals surface area (Å²) >= 11 is 4.42. The summed E-state index contributed by atoms with van der Waals surface area (Å²) < 4.78 is 33.1. The van der Waals surface area contributed by atoms with Crippen LogP contribution in [0.3, 0.4) is 0 Å². The van der Waals surface area contributed by atoms with E-state index >= 15 is 0 Å². The molecular weight excluding hydrogens is 352 g/mol. The predicted molar refractivity (Wildman–Crippen MR) is 76.7 cm³/mol. The van der Waals surface area contributed by atoms with E-state index in [-0.39, 0.29) is 4.21 Å². The molecule has 2 rings (SSSR count). The first-order valence-electron chi connectivity index (χ1n) is 5.51. The maximum absolute atomic E-state index is 12.2. The van der Waals surface area contributed by atoms with Crippen LogP contribution in [0.4, 0.5) is 0 Å². The van der Waals surface area contributed by atoms with E-state index < -0.39 is 16.1 Å². The largest absolute Gasteiger partial charge is 0.361 e. The lowest BCUT2D eigenvalue weighted by molar-refractivity contribution is 0.391. The van der Waals surface area contributed by atoms with Crippen molar-refractivity contribution < 1.29 is 12.9 Å². The average molecular weight is 365 g/mol. The summed E-state index contributed by atoms with van der Waals surface area (Å²) in [6.07, 6.45) is 0. The van der Waals surface area contributed by atoms with Crippen LogP contribution in [0, 0.1) is 13.8 Å². The standard InChI is InChI=1S/C11H13BrN2O3S2/c1-6-11(8(3)17-13-6)7(2)14-19(15,16)10-5-4-9(12)18-10/h4-5,7,14H,1-3H3. The van der Waals surface area contributed by atoms with Crippen LogP contribution >= 0.6 is 27.3 Å². The molecule has 0 amide bonds. The third-order valence-electron chi connectivity index (χ3n) is 2.67. The number of aromatic nitrogens is 1. The summed E-state index contributed by atoms with van der Waals surface area (Å²) in [5, 5.41) is 3.83. The Kier molecular flexibility index (Phi) is 4.14. The molecule has 0 aliphatic rings. The van der Waals surface area contributed by atoms with Crippen molar-refractivity contribution >= 4 is 37.3 Å². The van der Waals surface area contributed by atoms with Gasteiger partial charge in [0.1, 0.15) is 9.97 Å². The fraction of sp³-hybridized carbons (Fsp3) is 0.364. The van der Waals surface area contributed by atoms with Crippen LogP contribution < -0.4 is 4.72 Å². The Hall–Kier alpha value is -0.700. The molecule has 0 aliphatic heterocycles. The predicted octanol–water partition coefficient (Wildman–Crippen LogP) is 3.15. The fourth-order valence-electron chi connectivity index (χ4n) is 1.90. The molecule has 0 saturated carbocycles. The highest BCUT2D eigenvalue weighted by molar-refractivity contribution is 9.11. The number of hydrogen-bond acceptors (Lipinski definition) is 5. The zero-order chi connectivity index (χ0) is 14.2. The summed E-state index contributed by atoms with van der Waals surface area (Å²) in [5.41, 5.74) is 1.47. The molecule has 19 heavy (non-hydrogen) atoms. The first-order valence-corrected chi connectivity index (χ1v) is 8.61. The molecule has 2 aromatic rings. The van der Waals surface area contributed by atoms with Gasteiger partial charge in [-0.15, -0.1) is 11.3 Å². The molecule has 0 saturated heterocycles. The quantitative estimate of drug-likeness (QED) is 0.904. The topological polar surface area (TPSA) is 72.2 Å². The molecule has 0 radical (unpaired) electrons. The molecule has 2 aromatic heterocycles. The monoisotopic (exact) mass is 364 g/mol. The molecule has 2 heterocycles. The number of halogens is 1. The van der Waals surface area contributed by atoms with E-state index in [1.807, 2.05) is 0 Å². The van der Waals surface area contributed by atoms with E-state index in [1.165, 1.54) is 11.3 Å². The Morgan fingerprint density at radius 2 is 2.11 bits per heavy atom. The minimum absolute atomic E-state index is 0.276. The molecule has 0 bridgehead atoms. The van der Waals surface area contributed by atoms with Crippen molar-refractivity contribution in [2.24, 2.45) is 0 Å². The highest BCUT2D eigenvalue weighted by Gasteiger charge is 2.24. The van der Waals surface area contributed by atoms with Gasteiger partial charge in [-0.3, -0.25) is 0 Å². The Balaban J connectivity index is 2.26. The van der Waals surface area contributed by atoms with Gasteiger partial charge < -0.3 is 4.52 Å². The van der Waals surface area contributed by atoms with E-state index in [2.05, 4.69) is 25.8 Å². The number of nitrogens with zero attached hydrogens (tertiary/aromatic N) is 1. The van der Waals surface area contributed by atoms with Crippen LogP contribution in [0.5, 0.6) is 0 Å². The summed E-state index contributed by atoms with van der Waals surface area (Å²) in [6.45, 7) is 5.33. The Morgan fingerprint density at radius 3 is 2.58 bits per heavy atom. The lowest BCUT2D eigenvalue weighted by Gasteiger charge is -2.13. The average Bonchev–Trinajstić information content (AvgIpc) is 2.85. The third kappa shape index (κ3) is 3.07. The minimum Gasteiger partial charge on any atom is -0.361 e. The second kappa shape index (κ2) is 5.35. The van der Waals surface area contributed by atoms with Gasteiger partial charge in [0.2, 0.25) is 0 Å². The number of thiophene rings is 1. The summed E-state index contributed by atoms with van der Waals surface area (Å²) in [6, 6.07) is 2.88. The number of aryl methyl sites for hydroxylation is 2. The highest BCUT2D eigenvalue weighted by atomic mass is 79.9. The molecule has 104 valence electrons. The van der Waals surface area contributed by atoms with E-state index in [0.717, 1.165) is 9.35 Å². The van der Waals surface area contributed by atoms with E-state index in [9.17, 15) is 8.42 Å². The van der Waals surface area contributed by atoms with Crippen LogP contribution in [0.1, 0.15) is 30.0 Å². The maximum Gasteiger partial charge on any atom is 0.250 e. The van der Waals surface area contributed by atoms with Crippen molar-refractivity contribution in [2.75, 3.05) is 0 Å². The molecular formula is C11H13BrN2O3S2. The second-order valence-electron chi connectivity index (χ2n) is 4.14. The lowest BCUT2D eigenvalue weighted by Crippen LogP contribution is -2.26. The van der Waals surface area contributed by atoms with Gasteiger partial charge in [-0.1, -0.05) is 5.16 Å². The Morgan fingerprint density at radius 1 is 1.42 bits per heavy atom. The molecule has 1 unspecified atom stereocenters. The highest BCUT2D eigenvalue weighted by Crippen LogP contribution is 2.28. The van der Waals surface area contributed by atoms with E-state index in [0.29, 0.717) is 11.5 Å². The van der Waals surface area contributed by atoms with Gasteiger partial charge in [0.05, 0.1) is 9.48 Å². The first-order chi connectivity index (χ1) is 8.81. The normalized spacial score (nSPS) is 13.7. The summed E-state index contributed by atoms with van der Waals surface area (Å²) in [7, 11) is -3.53. The molecule has 0 spiro atoms. The van der Waals surface area contributed by atoms with Crippen LogP contribution in [0.2, 0.25) is 0 Å². The summed E-state index contributed by atoms with van der Waals surface area (Å²) in [5.74, 6) is 0.625. The van der Waals surface area contributed by atoms with Gasteiger partial charge in [-0.2, -0.15) is 0 Å². The number of sulfonamides is 1. The van der Waals surface area contributed by atoms with Crippen LogP contribution in [0.15, 0.2) is 24.7 Å². The zero-order valence-corrected chi connectivity index (χ0v) is 13.8. The second-order valence-corrected chi connectivity index (χ2v) is 8.54. The molecule has 1 atom stereocenters. The van der Waals surface area contributed by atoms with Crippen molar-refractivity contribution in [3.8, 4) is 0 Å². The van der Waals surface area contributed by atoms with Crippen molar-refractivity contribution in [3.63, 3.8) is 0 Å². The van der Waals surface area contributed by atoms with Gasteiger partial charge in [-0.05, 0) is 48.8 Å². The SMILES string of the molecule is Cc1noc(C)c1C(C)NS(=O)(=O)c1ccc(Br)s1. The minimum atomic E-state index is -3.53. The van der Waals surface area contributed by atoms with Crippen LogP contribution in [-0.4, -0.2) is 13.6 Å². The number of hydrogen-bond donors (Lipinski definition) is 1. The van der Waals surface area contributed by atoms with Crippen LogP contribution in [-0.2, 0) is 10.0 Å².